The molecule has 1 aliphatic rings. The van der Waals surface area contributed by atoms with Gasteiger partial charge in [-0.15, -0.1) is 0 Å². The highest BCUT2D eigenvalue weighted by molar-refractivity contribution is 5.95. The zero-order valence-electron chi connectivity index (χ0n) is 12.0. The number of aryl methyl sites for hydroxylation is 1. The minimum atomic E-state index is 0.124. The third kappa shape index (κ3) is 2.95. The first-order valence-electron chi connectivity index (χ1n) is 7.05. The Hall–Kier alpha value is -1.42. The highest BCUT2D eigenvalue weighted by atomic mass is 16.2. The number of piperidine rings is 1. The van der Waals surface area contributed by atoms with Gasteiger partial charge in [0.05, 0.1) is 5.56 Å². The fourth-order valence-corrected chi connectivity index (χ4v) is 2.89. The van der Waals surface area contributed by atoms with Crippen LogP contribution in [0, 0.1) is 12.8 Å². The number of hydrogen-bond acceptors (Lipinski definition) is 3. The number of hydrogen-bond donors (Lipinski definition) is 1. The minimum Gasteiger partial charge on any atom is -0.338 e. The Balaban J connectivity index is 2.11. The van der Waals surface area contributed by atoms with Gasteiger partial charge < -0.3 is 10.2 Å². The van der Waals surface area contributed by atoms with Crippen LogP contribution in [-0.2, 0) is 0 Å². The Kier molecular flexibility index (Phi) is 4.53. The van der Waals surface area contributed by atoms with Gasteiger partial charge in [-0.3, -0.25) is 9.78 Å². The number of amides is 1. The number of carbonyl (C=O) groups is 1. The van der Waals surface area contributed by atoms with E-state index in [4.69, 9.17) is 0 Å². The molecule has 0 radical (unpaired) electrons. The van der Waals surface area contributed by atoms with E-state index in [1.165, 1.54) is 0 Å². The van der Waals surface area contributed by atoms with Gasteiger partial charge in [0, 0.05) is 31.0 Å². The van der Waals surface area contributed by atoms with Gasteiger partial charge in [-0.1, -0.05) is 13.3 Å². The third-order valence-electron chi connectivity index (χ3n) is 4.15. The van der Waals surface area contributed by atoms with Crippen molar-refractivity contribution in [2.24, 2.45) is 5.92 Å². The summed E-state index contributed by atoms with van der Waals surface area (Å²) in [5.74, 6) is 0.665. The standard InChI is InChI=1S/C15H23N3O/c1-4-12-10-18(9-7-14(12)16-3)15(19)13-6-5-8-17-11(13)2/h5-6,8,12,14,16H,4,7,9-10H2,1-3H3. The van der Waals surface area contributed by atoms with Crippen LogP contribution in [0.25, 0.3) is 0 Å². The molecule has 4 nitrogen and oxygen atoms in total. The molecule has 1 aromatic rings. The van der Waals surface area contributed by atoms with E-state index in [-0.39, 0.29) is 5.91 Å². The Morgan fingerprint density at radius 2 is 2.37 bits per heavy atom. The molecule has 1 aliphatic heterocycles. The monoisotopic (exact) mass is 261 g/mol. The zero-order valence-corrected chi connectivity index (χ0v) is 12.0. The molecular weight excluding hydrogens is 238 g/mol. The maximum atomic E-state index is 12.5. The van der Waals surface area contributed by atoms with Crippen molar-refractivity contribution in [3.63, 3.8) is 0 Å². The highest BCUT2D eigenvalue weighted by Crippen LogP contribution is 2.22. The molecule has 2 rings (SSSR count). The van der Waals surface area contributed by atoms with E-state index in [9.17, 15) is 4.79 Å². The van der Waals surface area contributed by atoms with Crippen molar-refractivity contribution in [1.82, 2.24) is 15.2 Å². The van der Waals surface area contributed by atoms with Gasteiger partial charge in [-0.05, 0) is 38.4 Å². The van der Waals surface area contributed by atoms with E-state index >= 15 is 0 Å². The SMILES string of the molecule is CCC1CN(C(=O)c2cccnc2C)CCC1NC. The number of carbonyl (C=O) groups excluding carboxylic acids is 1. The summed E-state index contributed by atoms with van der Waals surface area (Å²) >= 11 is 0. The molecule has 0 bridgehead atoms. The lowest BCUT2D eigenvalue weighted by molar-refractivity contribution is 0.0630. The molecule has 0 aromatic carbocycles. The quantitative estimate of drug-likeness (QED) is 0.903. The van der Waals surface area contributed by atoms with Gasteiger partial charge in [0.15, 0.2) is 0 Å². The molecule has 104 valence electrons. The van der Waals surface area contributed by atoms with Crippen LogP contribution in [0.2, 0.25) is 0 Å². The van der Waals surface area contributed by atoms with E-state index in [2.05, 4.69) is 17.2 Å². The van der Waals surface area contributed by atoms with Crippen LogP contribution in [-0.4, -0.2) is 42.0 Å². The molecule has 0 saturated carbocycles. The topological polar surface area (TPSA) is 45.2 Å². The summed E-state index contributed by atoms with van der Waals surface area (Å²) in [4.78, 5) is 18.7. The lowest BCUT2D eigenvalue weighted by Crippen LogP contribution is -2.50. The summed E-state index contributed by atoms with van der Waals surface area (Å²) in [5.41, 5.74) is 1.55. The summed E-state index contributed by atoms with van der Waals surface area (Å²) < 4.78 is 0. The predicted octanol–water partition coefficient (Wildman–Crippen LogP) is 1.85. The van der Waals surface area contributed by atoms with Gasteiger partial charge in [0.25, 0.3) is 5.91 Å². The molecule has 19 heavy (non-hydrogen) atoms. The van der Waals surface area contributed by atoms with Crippen LogP contribution in [0.15, 0.2) is 18.3 Å². The molecular formula is C15H23N3O. The first-order valence-corrected chi connectivity index (χ1v) is 7.05. The van der Waals surface area contributed by atoms with Crippen molar-refractivity contribution in [3.8, 4) is 0 Å². The first-order chi connectivity index (χ1) is 9.17. The highest BCUT2D eigenvalue weighted by Gasteiger charge is 2.30. The number of aromatic nitrogens is 1. The van der Waals surface area contributed by atoms with Crippen LogP contribution >= 0.6 is 0 Å². The second-order valence-corrected chi connectivity index (χ2v) is 5.24. The van der Waals surface area contributed by atoms with Gasteiger partial charge in [-0.2, -0.15) is 0 Å². The van der Waals surface area contributed by atoms with Gasteiger partial charge in [0.1, 0.15) is 0 Å². The van der Waals surface area contributed by atoms with E-state index in [1.54, 1.807) is 6.20 Å². The van der Waals surface area contributed by atoms with Crippen molar-refractivity contribution in [2.75, 3.05) is 20.1 Å². The summed E-state index contributed by atoms with van der Waals surface area (Å²) in [6.45, 7) is 5.76. The molecule has 4 heteroatoms. The maximum Gasteiger partial charge on any atom is 0.255 e. The maximum absolute atomic E-state index is 12.5. The van der Waals surface area contributed by atoms with Gasteiger partial charge in [0.2, 0.25) is 0 Å². The molecule has 0 spiro atoms. The predicted molar refractivity (Wildman–Crippen MR) is 76.1 cm³/mol. The van der Waals surface area contributed by atoms with E-state index < -0.39 is 0 Å². The Morgan fingerprint density at radius 1 is 1.58 bits per heavy atom. The molecule has 1 aromatic heterocycles. The normalized spacial score (nSPS) is 23.4. The van der Waals surface area contributed by atoms with Crippen molar-refractivity contribution in [3.05, 3.63) is 29.6 Å². The molecule has 1 fully saturated rings. The van der Waals surface area contributed by atoms with Crippen molar-refractivity contribution in [1.29, 1.82) is 0 Å². The number of likely N-dealkylation sites (tertiary alicyclic amines) is 1. The molecule has 1 N–H and O–H groups in total. The summed E-state index contributed by atoms with van der Waals surface area (Å²) in [7, 11) is 2.01. The zero-order chi connectivity index (χ0) is 13.8. The third-order valence-corrected chi connectivity index (χ3v) is 4.15. The van der Waals surface area contributed by atoms with Gasteiger partial charge >= 0.3 is 0 Å². The van der Waals surface area contributed by atoms with E-state index in [0.29, 0.717) is 12.0 Å². The average Bonchev–Trinajstić information content (AvgIpc) is 2.46. The van der Waals surface area contributed by atoms with Crippen LogP contribution in [0.4, 0.5) is 0 Å². The average molecular weight is 261 g/mol. The van der Waals surface area contributed by atoms with Crippen LogP contribution in [0.3, 0.4) is 0 Å². The van der Waals surface area contributed by atoms with Crippen molar-refractivity contribution < 1.29 is 4.79 Å². The molecule has 1 saturated heterocycles. The minimum absolute atomic E-state index is 0.124. The fraction of sp³-hybridized carbons (Fsp3) is 0.600. The Bertz CT molecular complexity index is 447. The Labute approximate surface area is 115 Å². The van der Waals surface area contributed by atoms with E-state index in [1.807, 2.05) is 31.0 Å². The van der Waals surface area contributed by atoms with E-state index in [0.717, 1.165) is 37.2 Å². The van der Waals surface area contributed by atoms with Crippen molar-refractivity contribution in [2.45, 2.75) is 32.7 Å². The second kappa shape index (κ2) is 6.15. The molecule has 1 amide bonds. The molecule has 0 aliphatic carbocycles. The fourth-order valence-electron chi connectivity index (χ4n) is 2.89. The number of rotatable bonds is 3. The lowest BCUT2D eigenvalue weighted by atomic mass is 9.89. The number of pyridine rings is 1. The number of nitrogens with zero attached hydrogens (tertiary/aromatic N) is 2. The second-order valence-electron chi connectivity index (χ2n) is 5.24. The summed E-state index contributed by atoms with van der Waals surface area (Å²) in [6, 6.07) is 4.23. The summed E-state index contributed by atoms with van der Waals surface area (Å²) in [5, 5.41) is 3.37. The summed E-state index contributed by atoms with van der Waals surface area (Å²) in [6.07, 6.45) is 3.86. The molecule has 2 heterocycles. The van der Waals surface area contributed by atoms with Gasteiger partial charge in [-0.25, -0.2) is 0 Å². The lowest BCUT2D eigenvalue weighted by Gasteiger charge is -2.38. The molecule has 2 atom stereocenters. The smallest absolute Gasteiger partial charge is 0.255 e. The Morgan fingerprint density at radius 3 is 3.00 bits per heavy atom. The molecule has 2 unspecified atom stereocenters. The first kappa shape index (κ1) is 14.0. The number of nitrogens with one attached hydrogen (secondary N) is 1. The van der Waals surface area contributed by atoms with Crippen LogP contribution < -0.4 is 5.32 Å². The van der Waals surface area contributed by atoms with Crippen molar-refractivity contribution >= 4 is 5.91 Å². The largest absolute Gasteiger partial charge is 0.338 e. The van der Waals surface area contributed by atoms with Crippen LogP contribution in [0.5, 0.6) is 0 Å². The van der Waals surface area contributed by atoms with Crippen LogP contribution in [0.1, 0.15) is 35.8 Å².